The number of rotatable bonds is 2. The summed E-state index contributed by atoms with van der Waals surface area (Å²) in [6, 6.07) is 8.13. The molecule has 0 aromatic heterocycles. The maximum Gasteiger partial charge on any atom is 0.0568 e. The number of halogens is 1. The van der Waals surface area contributed by atoms with E-state index in [0.29, 0.717) is 5.41 Å². The summed E-state index contributed by atoms with van der Waals surface area (Å²) in [4.78, 5) is 0. The smallest absolute Gasteiger partial charge is 0.0568 e. The molecule has 2 fully saturated rings. The molecule has 2 saturated carbocycles. The molecule has 106 valence electrons. The Balaban J connectivity index is 1.79. The molecule has 3 heteroatoms. The van der Waals surface area contributed by atoms with E-state index in [2.05, 4.69) is 46.9 Å². The van der Waals surface area contributed by atoms with Crippen LogP contribution >= 0.6 is 15.9 Å². The summed E-state index contributed by atoms with van der Waals surface area (Å²) in [5.74, 6) is 0.786. The first-order valence-corrected chi connectivity index (χ1v) is 8.09. The second-order valence-corrected chi connectivity index (χ2v) is 7.75. The van der Waals surface area contributed by atoms with Crippen LogP contribution in [0.4, 0.5) is 0 Å². The highest BCUT2D eigenvalue weighted by molar-refractivity contribution is 9.10. The molecule has 0 spiro atoms. The summed E-state index contributed by atoms with van der Waals surface area (Å²) in [5.41, 5.74) is 3.01. The Bertz CT molecular complexity index is 571. The van der Waals surface area contributed by atoms with E-state index in [1.807, 2.05) is 30.5 Å². The standard InChI is InChI=1S/C17H21BrN2/c1-16(2)13-8-9-17(16,3)15(10-13)20-19-11-12-4-6-14(18)7-5-12/h4-7,11,13H,8-10H2,1-3H3/b19-11-,20-15+/t13-,17-/m0/s1. The molecule has 0 unspecified atom stereocenters. The molecule has 3 rings (SSSR count). The van der Waals surface area contributed by atoms with Crippen molar-refractivity contribution in [3.8, 4) is 0 Å². The maximum absolute atomic E-state index is 4.57. The van der Waals surface area contributed by atoms with Crippen LogP contribution in [0.5, 0.6) is 0 Å². The molecule has 0 amide bonds. The van der Waals surface area contributed by atoms with Gasteiger partial charge >= 0.3 is 0 Å². The molecule has 2 nitrogen and oxygen atoms in total. The molecule has 1 aromatic carbocycles. The zero-order valence-electron chi connectivity index (χ0n) is 12.4. The first-order valence-electron chi connectivity index (χ1n) is 7.29. The lowest BCUT2D eigenvalue weighted by molar-refractivity contribution is 0.194. The third-order valence-electron chi connectivity index (χ3n) is 5.77. The summed E-state index contributed by atoms with van der Waals surface area (Å²) in [7, 11) is 0. The van der Waals surface area contributed by atoms with Gasteiger partial charge in [0.1, 0.15) is 0 Å². The molecule has 2 aliphatic carbocycles. The van der Waals surface area contributed by atoms with E-state index in [1.54, 1.807) is 0 Å². The van der Waals surface area contributed by atoms with Crippen LogP contribution in [0.15, 0.2) is 38.9 Å². The third kappa shape index (κ3) is 2.07. The summed E-state index contributed by atoms with van der Waals surface area (Å²) in [6.45, 7) is 7.16. The number of nitrogens with zero attached hydrogens (tertiary/aromatic N) is 2. The molecule has 2 atom stereocenters. The highest BCUT2D eigenvalue weighted by atomic mass is 79.9. The lowest BCUT2D eigenvalue weighted by atomic mass is 9.70. The van der Waals surface area contributed by atoms with Crippen molar-refractivity contribution in [2.45, 2.75) is 40.0 Å². The Kier molecular flexibility index (Phi) is 3.36. The Hall–Kier alpha value is -0.960. The monoisotopic (exact) mass is 332 g/mol. The first kappa shape index (κ1) is 14.0. The molecule has 0 radical (unpaired) electrons. The molecular formula is C17H21BrN2. The Morgan fingerprint density at radius 1 is 1.20 bits per heavy atom. The van der Waals surface area contributed by atoms with Crippen LogP contribution in [0.25, 0.3) is 0 Å². The van der Waals surface area contributed by atoms with Gasteiger partial charge in [0.2, 0.25) is 0 Å². The number of hydrogen-bond acceptors (Lipinski definition) is 2. The van der Waals surface area contributed by atoms with Gasteiger partial charge in [-0.1, -0.05) is 48.8 Å². The zero-order valence-corrected chi connectivity index (χ0v) is 13.9. The van der Waals surface area contributed by atoms with Gasteiger partial charge in [-0.3, -0.25) is 0 Å². The van der Waals surface area contributed by atoms with Gasteiger partial charge in [0.05, 0.1) is 6.21 Å². The fraction of sp³-hybridized carbons (Fsp3) is 0.529. The van der Waals surface area contributed by atoms with Crippen LogP contribution in [-0.2, 0) is 0 Å². The summed E-state index contributed by atoms with van der Waals surface area (Å²) in [5, 5.41) is 8.90. The van der Waals surface area contributed by atoms with Crippen molar-refractivity contribution in [1.82, 2.24) is 0 Å². The minimum absolute atomic E-state index is 0.245. The predicted molar refractivity (Wildman–Crippen MR) is 88.4 cm³/mol. The van der Waals surface area contributed by atoms with Gasteiger partial charge in [-0.25, -0.2) is 0 Å². The maximum atomic E-state index is 4.57. The Morgan fingerprint density at radius 2 is 1.90 bits per heavy atom. The molecule has 0 saturated heterocycles. The van der Waals surface area contributed by atoms with Gasteiger partial charge in [-0.2, -0.15) is 10.2 Å². The fourth-order valence-electron chi connectivity index (χ4n) is 3.79. The van der Waals surface area contributed by atoms with E-state index >= 15 is 0 Å². The van der Waals surface area contributed by atoms with Crippen molar-refractivity contribution in [3.63, 3.8) is 0 Å². The van der Waals surface area contributed by atoms with E-state index in [9.17, 15) is 0 Å². The number of fused-ring (bicyclic) bond motifs is 2. The topological polar surface area (TPSA) is 24.7 Å². The minimum atomic E-state index is 0.245. The van der Waals surface area contributed by atoms with Gasteiger partial charge < -0.3 is 0 Å². The Morgan fingerprint density at radius 3 is 2.45 bits per heavy atom. The normalized spacial score (nSPS) is 33.4. The van der Waals surface area contributed by atoms with E-state index in [4.69, 9.17) is 0 Å². The van der Waals surface area contributed by atoms with Gasteiger partial charge in [0.15, 0.2) is 0 Å². The van der Waals surface area contributed by atoms with Crippen LogP contribution < -0.4 is 0 Å². The molecule has 0 aliphatic heterocycles. The Labute approximate surface area is 129 Å². The fourth-order valence-corrected chi connectivity index (χ4v) is 4.06. The number of hydrogen-bond donors (Lipinski definition) is 0. The van der Waals surface area contributed by atoms with Crippen LogP contribution in [0, 0.1) is 16.7 Å². The third-order valence-corrected chi connectivity index (χ3v) is 6.30. The van der Waals surface area contributed by atoms with Crippen LogP contribution in [0.3, 0.4) is 0 Å². The molecule has 0 heterocycles. The summed E-state index contributed by atoms with van der Waals surface area (Å²) >= 11 is 3.44. The van der Waals surface area contributed by atoms with E-state index in [1.165, 1.54) is 18.6 Å². The lowest BCUT2D eigenvalue weighted by Gasteiger charge is -2.34. The minimum Gasteiger partial charge on any atom is -0.160 e. The largest absolute Gasteiger partial charge is 0.160 e. The molecule has 2 aliphatic rings. The highest BCUT2D eigenvalue weighted by Crippen LogP contribution is 2.63. The number of benzene rings is 1. The predicted octanol–water partition coefficient (Wildman–Crippen LogP) is 5.07. The van der Waals surface area contributed by atoms with Crippen molar-refractivity contribution < 1.29 is 0 Å². The highest BCUT2D eigenvalue weighted by Gasteiger charge is 2.59. The van der Waals surface area contributed by atoms with E-state index in [-0.39, 0.29) is 5.41 Å². The van der Waals surface area contributed by atoms with Crippen LogP contribution in [0.1, 0.15) is 45.6 Å². The van der Waals surface area contributed by atoms with Crippen molar-refractivity contribution in [1.29, 1.82) is 0 Å². The van der Waals surface area contributed by atoms with Crippen molar-refractivity contribution >= 4 is 27.9 Å². The summed E-state index contributed by atoms with van der Waals surface area (Å²) < 4.78 is 1.09. The molecule has 1 aromatic rings. The molecular weight excluding hydrogens is 312 g/mol. The van der Waals surface area contributed by atoms with Crippen LogP contribution in [-0.4, -0.2) is 11.9 Å². The average molecular weight is 333 g/mol. The van der Waals surface area contributed by atoms with E-state index < -0.39 is 0 Å². The summed E-state index contributed by atoms with van der Waals surface area (Å²) in [6.07, 6.45) is 5.58. The van der Waals surface area contributed by atoms with E-state index in [0.717, 1.165) is 22.4 Å². The van der Waals surface area contributed by atoms with Gasteiger partial charge in [-0.15, -0.1) is 0 Å². The molecule has 2 bridgehead atoms. The van der Waals surface area contributed by atoms with Gasteiger partial charge in [0, 0.05) is 15.6 Å². The second kappa shape index (κ2) is 4.80. The average Bonchev–Trinajstić information content (AvgIpc) is 2.74. The van der Waals surface area contributed by atoms with Crippen molar-refractivity contribution in [2.24, 2.45) is 27.0 Å². The van der Waals surface area contributed by atoms with Crippen molar-refractivity contribution in [3.05, 3.63) is 34.3 Å². The quantitative estimate of drug-likeness (QED) is 0.533. The molecule has 20 heavy (non-hydrogen) atoms. The lowest BCUT2D eigenvalue weighted by Crippen LogP contribution is -2.32. The van der Waals surface area contributed by atoms with Gasteiger partial charge in [0.25, 0.3) is 0 Å². The van der Waals surface area contributed by atoms with Crippen molar-refractivity contribution in [2.75, 3.05) is 0 Å². The van der Waals surface area contributed by atoms with Crippen LogP contribution in [0.2, 0.25) is 0 Å². The van der Waals surface area contributed by atoms with Gasteiger partial charge in [-0.05, 0) is 48.3 Å². The first-order chi connectivity index (χ1) is 9.43. The second-order valence-electron chi connectivity index (χ2n) is 6.84. The zero-order chi connectivity index (χ0) is 14.4. The molecule has 0 N–H and O–H groups in total. The SMILES string of the molecule is CC1(C)[C@H]2CC[C@@]1(C)/C(=N/N=C\c1ccc(Br)cc1)C2.